The first kappa shape index (κ1) is 17.5. The summed E-state index contributed by atoms with van der Waals surface area (Å²) < 4.78 is 36.5. The van der Waals surface area contributed by atoms with E-state index in [4.69, 9.17) is 9.47 Å². The van der Waals surface area contributed by atoms with E-state index in [-0.39, 0.29) is 32.0 Å². The zero-order valence-corrected chi connectivity index (χ0v) is 13.2. The average molecular weight is 328 g/mol. The molecule has 2 rings (SSSR count). The average Bonchev–Trinajstić information content (AvgIpc) is 2.54. The summed E-state index contributed by atoms with van der Waals surface area (Å²) in [5, 5.41) is 2.75. The number of benzene rings is 1. The monoisotopic (exact) mass is 328 g/mol. The Morgan fingerprint density at radius 3 is 2.48 bits per heavy atom. The normalized spacial score (nSPS) is 16.9. The number of methoxy groups -OCH3 is 1. The number of amides is 2. The Bertz CT molecular complexity index is 499. The van der Waals surface area contributed by atoms with E-state index in [1.54, 1.807) is 7.11 Å². The molecule has 0 aromatic heterocycles. The van der Waals surface area contributed by atoms with Crippen molar-refractivity contribution in [3.05, 3.63) is 29.8 Å². The summed E-state index contributed by atoms with van der Waals surface area (Å²) in [5.74, 6) is -1.91. The Balaban J connectivity index is 1.74. The third-order valence-corrected chi connectivity index (χ3v) is 3.71. The fourth-order valence-electron chi connectivity index (χ4n) is 2.27. The first-order valence-corrected chi connectivity index (χ1v) is 7.61. The molecule has 2 amide bonds. The van der Waals surface area contributed by atoms with Gasteiger partial charge in [0, 0.05) is 39.6 Å². The van der Waals surface area contributed by atoms with Crippen molar-refractivity contribution in [3.8, 4) is 5.75 Å². The number of piperidine rings is 1. The van der Waals surface area contributed by atoms with Gasteiger partial charge in [-0.05, 0) is 17.7 Å². The highest BCUT2D eigenvalue weighted by atomic mass is 19.3. The maximum absolute atomic E-state index is 13.1. The number of hydrogen-bond donors (Lipinski definition) is 1. The summed E-state index contributed by atoms with van der Waals surface area (Å²) in [6.45, 7) is 1.53. The van der Waals surface area contributed by atoms with Gasteiger partial charge in [0.15, 0.2) is 0 Å². The Hall–Kier alpha value is -1.89. The van der Waals surface area contributed by atoms with E-state index in [9.17, 15) is 13.6 Å². The second-order valence-electron chi connectivity index (χ2n) is 5.49. The SMILES string of the molecule is COCCOc1ccc(CNC(=O)N2CCC(F)(F)CC2)cc1. The molecule has 1 fully saturated rings. The summed E-state index contributed by atoms with van der Waals surface area (Å²) >= 11 is 0. The highest BCUT2D eigenvalue weighted by molar-refractivity contribution is 5.74. The van der Waals surface area contributed by atoms with E-state index in [1.807, 2.05) is 24.3 Å². The van der Waals surface area contributed by atoms with E-state index in [2.05, 4.69) is 5.32 Å². The molecular weight excluding hydrogens is 306 g/mol. The summed E-state index contributed by atoms with van der Waals surface area (Å²) in [7, 11) is 1.61. The molecule has 1 aliphatic heterocycles. The maximum atomic E-state index is 13.1. The van der Waals surface area contributed by atoms with Crippen molar-refractivity contribution < 1.29 is 23.0 Å². The lowest BCUT2D eigenvalue weighted by atomic mass is 10.1. The van der Waals surface area contributed by atoms with Gasteiger partial charge in [-0.1, -0.05) is 12.1 Å². The van der Waals surface area contributed by atoms with Crippen LogP contribution in [0.3, 0.4) is 0 Å². The summed E-state index contributed by atoms with van der Waals surface area (Å²) in [6.07, 6.45) is -0.540. The molecule has 1 aromatic carbocycles. The van der Waals surface area contributed by atoms with Gasteiger partial charge in [0.25, 0.3) is 5.92 Å². The number of likely N-dealkylation sites (tertiary alicyclic amines) is 1. The Kier molecular flexibility index (Phi) is 6.15. The van der Waals surface area contributed by atoms with Gasteiger partial charge in [0.1, 0.15) is 12.4 Å². The molecule has 5 nitrogen and oxygen atoms in total. The van der Waals surface area contributed by atoms with Gasteiger partial charge in [-0.2, -0.15) is 0 Å². The minimum atomic E-state index is -2.64. The molecule has 0 unspecified atom stereocenters. The minimum absolute atomic E-state index is 0.0884. The second-order valence-corrected chi connectivity index (χ2v) is 5.49. The number of carbonyl (C=O) groups is 1. The topological polar surface area (TPSA) is 50.8 Å². The molecule has 0 radical (unpaired) electrons. The first-order chi connectivity index (χ1) is 11.0. The van der Waals surface area contributed by atoms with Crippen molar-refractivity contribution in [2.45, 2.75) is 25.3 Å². The summed E-state index contributed by atoms with van der Waals surface area (Å²) in [4.78, 5) is 13.4. The fourth-order valence-corrected chi connectivity index (χ4v) is 2.27. The van der Waals surface area contributed by atoms with Gasteiger partial charge < -0.3 is 19.7 Å². The molecular formula is C16H22F2N2O3. The lowest BCUT2D eigenvalue weighted by molar-refractivity contribution is -0.0469. The molecule has 0 bridgehead atoms. The summed E-state index contributed by atoms with van der Waals surface area (Å²) in [5.41, 5.74) is 0.916. The van der Waals surface area contributed by atoms with Crippen LogP contribution in [0.5, 0.6) is 5.75 Å². The predicted molar refractivity (Wildman–Crippen MR) is 81.8 cm³/mol. The van der Waals surface area contributed by atoms with E-state index >= 15 is 0 Å². The number of urea groups is 1. The van der Waals surface area contributed by atoms with Crippen LogP contribution in [-0.2, 0) is 11.3 Å². The number of nitrogens with one attached hydrogen (secondary N) is 1. The van der Waals surface area contributed by atoms with Crippen LogP contribution in [0.2, 0.25) is 0 Å². The fraction of sp³-hybridized carbons (Fsp3) is 0.562. The van der Waals surface area contributed by atoms with E-state index < -0.39 is 5.92 Å². The molecule has 128 valence electrons. The Labute approximate surface area is 134 Å². The lowest BCUT2D eigenvalue weighted by Crippen LogP contribution is -2.47. The molecule has 23 heavy (non-hydrogen) atoms. The quantitative estimate of drug-likeness (QED) is 0.817. The van der Waals surface area contributed by atoms with Gasteiger partial charge in [-0.15, -0.1) is 0 Å². The summed E-state index contributed by atoms with van der Waals surface area (Å²) in [6, 6.07) is 7.04. The van der Waals surface area contributed by atoms with Gasteiger partial charge in [0.05, 0.1) is 6.61 Å². The number of nitrogens with zero attached hydrogens (tertiary/aromatic N) is 1. The molecule has 0 saturated carbocycles. The van der Waals surface area contributed by atoms with Gasteiger partial charge in [-0.25, -0.2) is 13.6 Å². The van der Waals surface area contributed by atoms with Crippen LogP contribution in [0.1, 0.15) is 18.4 Å². The Morgan fingerprint density at radius 1 is 1.22 bits per heavy atom. The van der Waals surface area contributed by atoms with E-state index in [0.29, 0.717) is 19.8 Å². The zero-order valence-electron chi connectivity index (χ0n) is 13.2. The molecule has 7 heteroatoms. The highest BCUT2D eigenvalue weighted by Crippen LogP contribution is 2.27. The predicted octanol–water partition coefficient (Wildman–Crippen LogP) is 2.65. The molecule has 1 aliphatic rings. The minimum Gasteiger partial charge on any atom is -0.491 e. The molecule has 1 aromatic rings. The zero-order chi connectivity index (χ0) is 16.7. The molecule has 0 spiro atoms. The highest BCUT2D eigenvalue weighted by Gasteiger charge is 2.35. The third kappa shape index (κ3) is 5.67. The smallest absolute Gasteiger partial charge is 0.317 e. The van der Waals surface area contributed by atoms with Crippen LogP contribution in [0.25, 0.3) is 0 Å². The van der Waals surface area contributed by atoms with Crippen molar-refractivity contribution in [2.24, 2.45) is 0 Å². The van der Waals surface area contributed by atoms with Crippen LogP contribution in [0.15, 0.2) is 24.3 Å². The second kappa shape index (κ2) is 8.10. The van der Waals surface area contributed by atoms with Crippen LogP contribution < -0.4 is 10.1 Å². The van der Waals surface area contributed by atoms with E-state index in [0.717, 1.165) is 11.3 Å². The standard InChI is InChI=1S/C16H22F2N2O3/c1-22-10-11-23-14-4-2-13(3-5-14)12-19-15(21)20-8-6-16(17,18)7-9-20/h2-5H,6-12H2,1H3,(H,19,21). The van der Waals surface area contributed by atoms with Crippen LogP contribution in [-0.4, -0.2) is 50.3 Å². The Morgan fingerprint density at radius 2 is 1.87 bits per heavy atom. The number of halogens is 2. The molecule has 0 aliphatic carbocycles. The number of ether oxygens (including phenoxy) is 2. The molecule has 0 atom stereocenters. The largest absolute Gasteiger partial charge is 0.491 e. The number of carbonyl (C=O) groups excluding carboxylic acids is 1. The van der Waals surface area contributed by atoms with E-state index in [1.165, 1.54) is 4.90 Å². The van der Waals surface area contributed by atoms with Gasteiger partial charge >= 0.3 is 6.03 Å². The molecule has 1 N–H and O–H groups in total. The van der Waals surface area contributed by atoms with Crippen LogP contribution in [0.4, 0.5) is 13.6 Å². The maximum Gasteiger partial charge on any atom is 0.317 e. The van der Waals surface area contributed by atoms with Crippen molar-refractivity contribution in [1.82, 2.24) is 10.2 Å². The van der Waals surface area contributed by atoms with Crippen molar-refractivity contribution in [2.75, 3.05) is 33.4 Å². The van der Waals surface area contributed by atoms with Crippen molar-refractivity contribution in [3.63, 3.8) is 0 Å². The van der Waals surface area contributed by atoms with Gasteiger partial charge in [-0.3, -0.25) is 0 Å². The molecule has 1 saturated heterocycles. The number of rotatable bonds is 6. The molecule has 1 heterocycles. The first-order valence-electron chi connectivity index (χ1n) is 7.61. The number of hydrogen-bond acceptors (Lipinski definition) is 3. The third-order valence-electron chi connectivity index (χ3n) is 3.71. The van der Waals surface area contributed by atoms with Crippen molar-refractivity contribution in [1.29, 1.82) is 0 Å². The van der Waals surface area contributed by atoms with Crippen LogP contribution >= 0.6 is 0 Å². The van der Waals surface area contributed by atoms with Crippen LogP contribution in [0, 0.1) is 0 Å². The number of alkyl halides is 2. The van der Waals surface area contributed by atoms with Crippen molar-refractivity contribution >= 4 is 6.03 Å². The van der Waals surface area contributed by atoms with Gasteiger partial charge in [0.2, 0.25) is 0 Å². The lowest BCUT2D eigenvalue weighted by Gasteiger charge is -2.31.